The first-order valence-corrected chi connectivity index (χ1v) is 8.65. The van der Waals surface area contributed by atoms with E-state index in [4.69, 9.17) is 0 Å². The molecule has 29 heavy (non-hydrogen) atoms. The minimum absolute atomic E-state index is 0.320. The van der Waals surface area contributed by atoms with Crippen molar-refractivity contribution >= 4 is 11.8 Å². The van der Waals surface area contributed by atoms with Gasteiger partial charge in [0.2, 0.25) is 5.95 Å². The van der Waals surface area contributed by atoms with Crippen LogP contribution >= 0.6 is 0 Å². The third-order valence-corrected chi connectivity index (χ3v) is 4.05. The maximum absolute atomic E-state index is 13.1. The van der Waals surface area contributed by atoms with Gasteiger partial charge in [0.05, 0.1) is 11.3 Å². The second-order valence-corrected chi connectivity index (χ2v) is 6.10. The molecule has 5 nitrogen and oxygen atoms in total. The Bertz CT molecular complexity index is 1120. The minimum atomic E-state index is -4.44. The topological polar surface area (TPSA) is 63.6 Å². The van der Waals surface area contributed by atoms with Crippen molar-refractivity contribution in [3.8, 4) is 22.6 Å². The third kappa shape index (κ3) is 4.37. The molecule has 0 saturated carbocycles. The number of rotatable bonds is 4. The Balaban J connectivity index is 1.82. The van der Waals surface area contributed by atoms with E-state index in [9.17, 15) is 13.2 Å². The first-order chi connectivity index (χ1) is 14.0. The summed E-state index contributed by atoms with van der Waals surface area (Å²) >= 11 is 0. The van der Waals surface area contributed by atoms with Crippen molar-refractivity contribution in [3.05, 3.63) is 84.7 Å². The first kappa shape index (κ1) is 18.5. The van der Waals surface area contributed by atoms with Gasteiger partial charge < -0.3 is 5.32 Å². The number of anilines is 2. The summed E-state index contributed by atoms with van der Waals surface area (Å²) in [5.41, 5.74) is 0.675. The highest BCUT2D eigenvalue weighted by atomic mass is 19.4. The summed E-state index contributed by atoms with van der Waals surface area (Å²) in [5, 5.41) is 2.97. The number of aromatic nitrogens is 4. The standard InChI is InChI=1S/C21H14F3N5/c22-21(23,24)16-9-4-8-15(12-16)17-13-18(29-20-25-10-5-11-26-20)28-19(27-17)14-6-2-1-3-7-14/h1-13H,(H,25,26,27,28,29). The van der Waals surface area contributed by atoms with Crippen LogP contribution in [0.3, 0.4) is 0 Å². The summed E-state index contributed by atoms with van der Waals surface area (Å²) in [5.74, 6) is 1.07. The molecule has 0 fully saturated rings. The second-order valence-electron chi connectivity index (χ2n) is 6.10. The molecule has 0 spiro atoms. The van der Waals surface area contributed by atoms with Crippen molar-refractivity contribution in [2.24, 2.45) is 0 Å². The van der Waals surface area contributed by atoms with E-state index in [1.54, 1.807) is 30.6 Å². The average molecular weight is 393 g/mol. The monoisotopic (exact) mass is 393 g/mol. The van der Waals surface area contributed by atoms with Gasteiger partial charge in [0.15, 0.2) is 5.82 Å². The summed E-state index contributed by atoms with van der Waals surface area (Å²) in [7, 11) is 0. The number of hydrogen-bond donors (Lipinski definition) is 1. The van der Waals surface area contributed by atoms with Crippen LogP contribution < -0.4 is 5.32 Å². The Hall–Kier alpha value is -3.81. The van der Waals surface area contributed by atoms with E-state index < -0.39 is 11.7 Å². The van der Waals surface area contributed by atoms with Gasteiger partial charge in [-0.2, -0.15) is 13.2 Å². The van der Waals surface area contributed by atoms with Gasteiger partial charge in [0, 0.05) is 29.6 Å². The van der Waals surface area contributed by atoms with E-state index in [1.165, 1.54) is 6.07 Å². The highest BCUT2D eigenvalue weighted by molar-refractivity contribution is 5.69. The van der Waals surface area contributed by atoms with E-state index >= 15 is 0 Å². The number of nitrogens with zero attached hydrogens (tertiary/aromatic N) is 4. The summed E-state index contributed by atoms with van der Waals surface area (Å²) in [6.45, 7) is 0. The maximum atomic E-state index is 13.1. The zero-order valence-corrected chi connectivity index (χ0v) is 14.9. The van der Waals surface area contributed by atoms with Gasteiger partial charge in [-0.1, -0.05) is 42.5 Å². The lowest BCUT2D eigenvalue weighted by atomic mass is 10.1. The second kappa shape index (κ2) is 7.67. The molecule has 0 unspecified atom stereocenters. The van der Waals surface area contributed by atoms with Gasteiger partial charge in [-0.25, -0.2) is 19.9 Å². The summed E-state index contributed by atoms with van der Waals surface area (Å²) in [6.07, 6.45) is -1.30. The van der Waals surface area contributed by atoms with Gasteiger partial charge in [0.25, 0.3) is 0 Å². The fourth-order valence-electron chi connectivity index (χ4n) is 2.71. The van der Waals surface area contributed by atoms with Gasteiger partial charge in [0.1, 0.15) is 5.82 Å². The zero-order chi connectivity index (χ0) is 20.3. The quantitative estimate of drug-likeness (QED) is 0.505. The van der Waals surface area contributed by atoms with Crippen LogP contribution in [0.2, 0.25) is 0 Å². The fourth-order valence-corrected chi connectivity index (χ4v) is 2.71. The molecule has 0 saturated heterocycles. The first-order valence-electron chi connectivity index (χ1n) is 8.65. The molecule has 0 radical (unpaired) electrons. The third-order valence-electron chi connectivity index (χ3n) is 4.05. The van der Waals surface area contributed by atoms with Crippen LogP contribution in [-0.2, 0) is 6.18 Å². The predicted octanol–water partition coefficient (Wildman–Crippen LogP) is 5.36. The Morgan fingerprint density at radius 2 is 1.45 bits per heavy atom. The van der Waals surface area contributed by atoms with Crippen LogP contribution in [0.25, 0.3) is 22.6 Å². The molecule has 2 aromatic heterocycles. The molecule has 4 aromatic rings. The van der Waals surface area contributed by atoms with Crippen LogP contribution in [0, 0.1) is 0 Å². The average Bonchev–Trinajstić information content (AvgIpc) is 2.74. The SMILES string of the molecule is FC(F)(F)c1cccc(-c2cc(Nc3ncccn3)nc(-c3ccccc3)n2)c1. The molecular weight excluding hydrogens is 379 g/mol. The molecule has 2 aromatic carbocycles. The summed E-state index contributed by atoms with van der Waals surface area (Å²) < 4.78 is 39.4. The highest BCUT2D eigenvalue weighted by Crippen LogP contribution is 2.33. The number of nitrogens with one attached hydrogen (secondary N) is 1. The molecule has 2 heterocycles. The molecule has 4 rings (SSSR count). The molecule has 0 amide bonds. The molecule has 0 bridgehead atoms. The molecule has 0 atom stereocenters. The van der Waals surface area contributed by atoms with Crippen LogP contribution in [0.15, 0.2) is 79.1 Å². The lowest BCUT2D eigenvalue weighted by molar-refractivity contribution is -0.137. The zero-order valence-electron chi connectivity index (χ0n) is 14.9. The maximum Gasteiger partial charge on any atom is 0.416 e. The van der Waals surface area contributed by atoms with Crippen molar-refractivity contribution < 1.29 is 13.2 Å². The van der Waals surface area contributed by atoms with Crippen molar-refractivity contribution in [3.63, 3.8) is 0 Å². The molecule has 144 valence electrons. The molecule has 0 aliphatic heterocycles. The largest absolute Gasteiger partial charge is 0.416 e. The van der Waals surface area contributed by atoms with E-state index in [2.05, 4.69) is 25.3 Å². The van der Waals surface area contributed by atoms with Gasteiger partial charge in [-0.15, -0.1) is 0 Å². The Labute approximate surface area is 164 Å². The van der Waals surface area contributed by atoms with Crippen molar-refractivity contribution in [1.29, 1.82) is 0 Å². The van der Waals surface area contributed by atoms with Gasteiger partial charge in [-0.05, 0) is 18.2 Å². The Kier molecular flexibility index (Phi) is 4.90. The van der Waals surface area contributed by atoms with Crippen LogP contribution in [0.1, 0.15) is 5.56 Å². The lowest BCUT2D eigenvalue weighted by Crippen LogP contribution is -2.05. The Morgan fingerprint density at radius 1 is 0.724 bits per heavy atom. The lowest BCUT2D eigenvalue weighted by Gasteiger charge is -2.11. The van der Waals surface area contributed by atoms with E-state index in [1.807, 2.05) is 30.3 Å². The minimum Gasteiger partial charge on any atom is -0.309 e. The summed E-state index contributed by atoms with van der Waals surface area (Å²) in [6, 6.07) is 17.5. The van der Waals surface area contributed by atoms with Crippen LogP contribution in [0.5, 0.6) is 0 Å². The number of benzene rings is 2. The molecule has 0 aliphatic rings. The van der Waals surface area contributed by atoms with E-state index in [0.717, 1.165) is 17.7 Å². The smallest absolute Gasteiger partial charge is 0.309 e. The van der Waals surface area contributed by atoms with Crippen molar-refractivity contribution in [2.45, 2.75) is 6.18 Å². The van der Waals surface area contributed by atoms with Crippen LogP contribution in [0.4, 0.5) is 24.9 Å². The predicted molar refractivity (Wildman–Crippen MR) is 103 cm³/mol. The number of halogens is 3. The molecular formula is C21H14F3N5. The Morgan fingerprint density at radius 3 is 2.17 bits per heavy atom. The normalized spacial score (nSPS) is 11.3. The van der Waals surface area contributed by atoms with Crippen molar-refractivity contribution in [1.82, 2.24) is 19.9 Å². The van der Waals surface area contributed by atoms with Crippen molar-refractivity contribution in [2.75, 3.05) is 5.32 Å². The number of hydrogen-bond acceptors (Lipinski definition) is 5. The molecule has 8 heteroatoms. The molecule has 1 N–H and O–H groups in total. The number of alkyl halides is 3. The fraction of sp³-hybridized carbons (Fsp3) is 0.0476. The molecule has 0 aliphatic carbocycles. The summed E-state index contributed by atoms with van der Waals surface area (Å²) in [4.78, 5) is 17.1. The van der Waals surface area contributed by atoms with Gasteiger partial charge >= 0.3 is 6.18 Å². The van der Waals surface area contributed by atoms with E-state index in [0.29, 0.717) is 28.8 Å². The van der Waals surface area contributed by atoms with E-state index in [-0.39, 0.29) is 0 Å². The van der Waals surface area contributed by atoms with Crippen LogP contribution in [-0.4, -0.2) is 19.9 Å². The van der Waals surface area contributed by atoms with Gasteiger partial charge in [-0.3, -0.25) is 0 Å². The highest BCUT2D eigenvalue weighted by Gasteiger charge is 2.30.